The van der Waals surface area contributed by atoms with Gasteiger partial charge in [-0.3, -0.25) is 9.82 Å². The lowest BCUT2D eigenvalue weighted by Crippen LogP contribution is -2.13. The Kier molecular flexibility index (Phi) is 3.58. The van der Waals surface area contributed by atoms with Crippen LogP contribution in [0.1, 0.15) is 22.2 Å². The molecule has 19 heavy (non-hydrogen) atoms. The average Bonchev–Trinajstić information content (AvgIpc) is 2.95. The lowest BCUT2D eigenvalue weighted by Gasteiger charge is -2.05. The predicted molar refractivity (Wildman–Crippen MR) is 70.1 cm³/mol. The summed E-state index contributed by atoms with van der Waals surface area (Å²) in [6.07, 6.45) is 2.16. The Morgan fingerprint density at radius 3 is 2.89 bits per heavy atom. The quantitative estimate of drug-likeness (QED) is 0.775. The minimum Gasteiger partial charge on any atom is -0.477 e. The molecule has 0 saturated heterocycles. The number of anilines is 1. The number of nitrogens with one attached hydrogen (secondary N) is 2. The van der Waals surface area contributed by atoms with Gasteiger partial charge in [0, 0.05) is 10.9 Å². The summed E-state index contributed by atoms with van der Waals surface area (Å²) >= 11 is 0.863. The number of carboxylic acid groups (broad SMARTS) is 1. The van der Waals surface area contributed by atoms with E-state index >= 15 is 0 Å². The first-order valence-electron chi connectivity index (χ1n) is 5.31. The number of thiophene rings is 1. The van der Waals surface area contributed by atoms with Crippen LogP contribution in [0.5, 0.6) is 0 Å². The highest BCUT2D eigenvalue weighted by Gasteiger charge is 2.20. The van der Waals surface area contributed by atoms with Crippen molar-refractivity contribution in [2.45, 2.75) is 18.2 Å². The molecule has 0 unspecified atom stereocenters. The number of hydrogen-bond donors (Lipinski definition) is 3. The maximum Gasteiger partial charge on any atom is 0.345 e. The van der Waals surface area contributed by atoms with Crippen LogP contribution in [-0.4, -0.2) is 29.7 Å². The van der Waals surface area contributed by atoms with Crippen LogP contribution in [0.15, 0.2) is 22.5 Å². The second-order valence-corrected chi connectivity index (χ2v) is 6.27. The maximum absolute atomic E-state index is 12.1. The third kappa shape index (κ3) is 2.76. The molecule has 0 atom stereocenters. The molecule has 0 fully saturated rings. The van der Waals surface area contributed by atoms with Crippen LogP contribution in [0.2, 0.25) is 0 Å². The molecule has 0 spiro atoms. The standard InChI is InChI=1S/C10H11N3O4S2/c1-2-6-4-11-12-9(6)13-19(16,17)7-3-8(10(14)15)18-5-7/h3-5H,2H2,1H3,(H,14,15)(H2,11,12,13). The van der Waals surface area contributed by atoms with Crippen molar-refractivity contribution in [3.63, 3.8) is 0 Å². The molecule has 2 rings (SSSR count). The van der Waals surface area contributed by atoms with Crippen LogP contribution < -0.4 is 4.72 Å². The Morgan fingerprint density at radius 2 is 2.32 bits per heavy atom. The van der Waals surface area contributed by atoms with Gasteiger partial charge in [-0.2, -0.15) is 5.10 Å². The van der Waals surface area contributed by atoms with Crippen LogP contribution in [0, 0.1) is 0 Å². The van der Waals surface area contributed by atoms with E-state index < -0.39 is 16.0 Å². The zero-order valence-electron chi connectivity index (χ0n) is 9.87. The minimum absolute atomic E-state index is 0.0271. The van der Waals surface area contributed by atoms with Gasteiger partial charge in [0.25, 0.3) is 10.0 Å². The Morgan fingerprint density at radius 1 is 1.58 bits per heavy atom. The molecule has 0 saturated carbocycles. The molecule has 0 aliphatic heterocycles. The van der Waals surface area contributed by atoms with Crippen molar-refractivity contribution in [3.05, 3.63) is 28.1 Å². The summed E-state index contributed by atoms with van der Waals surface area (Å²) in [4.78, 5) is 10.6. The Labute approximate surface area is 113 Å². The first-order chi connectivity index (χ1) is 8.94. The first-order valence-corrected chi connectivity index (χ1v) is 7.67. The molecule has 102 valence electrons. The summed E-state index contributed by atoms with van der Waals surface area (Å²) in [7, 11) is -3.80. The van der Waals surface area contributed by atoms with Crippen molar-refractivity contribution in [1.82, 2.24) is 10.2 Å². The second-order valence-electron chi connectivity index (χ2n) is 3.68. The predicted octanol–water partition coefficient (Wildman–Crippen LogP) is 1.53. The number of H-pyrrole nitrogens is 1. The smallest absolute Gasteiger partial charge is 0.345 e. The van der Waals surface area contributed by atoms with Gasteiger partial charge < -0.3 is 5.11 Å². The van der Waals surface area contributed by atoms with Crippen molar-refractivity contribution in [2.24, 2.45) is 0 Å². The number of aromatic carboxylic acids is 1. The van der Waals surface area contributed by atoms with Crippen molar-refractivity contribution in [2.75, 3.05) is 4.72 Å². The zero-order valence-corrected chi connectivity index (χ0v) is 11.5. The van der Waals surface area contributed by atoms with E-state index in [-0.39, 0.29) is 9.77 Å². The van der Waals surface area contributed by atoms with Crippen LogP contribution in [0.3, 0.4) is 0 Å². The second kappa shape index (κ2) is 5.02. The van der Waals surface area contributed by atoms with Crippen LogP contribution in [0.4, 0.5) is 5.82 Å². The molecule has 2 heterocycles. The van der Waals surface area contributed by atoms with E-state index in [9.17, 15) is 13.2 Å². The summed E-state index contributed by atoms with van der Waals surface area (Å²) in [5, 5.41) is 16.4. The number of carboxylic acids is 1. The molecule has 7 nitrogen and oxygen atoms in total. The zero-order chi connectivity index (χ0) is 14.0. The van der Waals surface area contributed by atoms with Gasteiger partial charge in [0.05, 0.1) is 11.1 Å². The van der Waals surface area contributed by atoms with Gasteiger partial charge >= 0.3 is 5.97 Å². The third-order valence-electron chi connectivity index (χ3n) is 2.43. The van der Waals surface area contributed by atoms with Crippen molar-refractivity contribution < 1.29 is 18.3 Å². The third-order valence-corrected chi connectivity index (χ3v) is 4.83. The number of aromatic nitrogens is 2. The number of hydrogen-bond acceptors (Lipinski definition) is 5. The number of carbonyl (C=O) groups is 1. The van der Waals surface area contributed by atoms with Gasteiger partial charge in [0.15, 0.2) is 0 Å². The monoisotopic (exact) mass is 301 g/mol. The topological polar surface area (TPSA) is 112 Å². The van der Waals surface area contributed by atoms with E-state index in [1.807, 2.05) is 6.92 Å². The largest absolute Gasteiger partial charge is 0.477 e. The molecule has 2 aromatic heterocycles. The Bertz CT molecular complexity index is 702. The lowest BCUT2D eigenvalue weighted by atomic mass is 10.3. The maximum atomic E-state index is 12.1. The molecule has 0 aromatic carbocycles. The molecular formula is C10H11N3O4S2. The molecule has 0 bridgehead atoms. The van der Waals surface area contributed by atoms with Gasteiger partial charge in [-0.05, 0) is 12.5 Å². The summed E-state index contributed by atoms with van der Waals surface area (Å²) in [5.74, 6) is -0.854. The molecular weight excluding hydrogens is 290 g/mol. The van der Waals surface area contributed by atoms with E-state index in [2.05, 4.69) is 14.9 Å². The number of sulfonamides is 1. The fourth-order valence-electron chi connectivity index (χ4n) is 1.43. The van der Waals surface area contributed by atoms with Crippen molar-refractivity contribution >= 4 is 33.1 Å². The Hall–Kier alpha value is -1.87. The number of nitrogens with zero attached hydrogens (tertiary/aromatic N) is 1. The number of aromatic amines is 1. The normalized spacial score (nSPS) is 11.4. The molecule has 9 heteroatoms. The fourth-order valence-corrected chi connectivity index (χ4v) is 3.60. The molecule has 3 N–H and O–H groups in total. The Balaban J connectivity index is 2.29. The lowest BCUT2D eigenvalue weighted by molar-refractivity contribution is 0.0702. The van der Waals surface area contributed by atoms with E-state index in [4.69, 9.17) is 5.11 Å². The molecule has 2 aromatic rings. The van der Waals surface area contributed by atoms with Crippen LogP contribution >= 0.6 is 11.3 Å². The van der Waals surface area contributed by atoms with Gasteiger partial charge in [-0.15, -0.1) is 11.3 Å². The summed E-state index contributed by atoms with van der Waals surface area (Å²) in [6.45, 7) is 1.87. The van der Waals surface area contributed by atoms with E-state index in [1.54, 1.807) is 0 Å². The van der Waals surface area contributed by atoms with Crippen LogP contribution in [0.25, 0.3) is 0 Å². The molecule has 0 aliphatic carbocycles. The number of aryl methyl sites for hydroxylation is 1. The highest BCUT2D eigenvalue weighted by atomic mass is 32.2. The minimum atomic E-state index is -3.80. The average molecular weight is 301 g/mol. The highest BCUT2D eigenvalue weighted by molar-refractivity contribution is 7.92. The summed E-state index contributed by atoms with van der Waals surface area (Å²) in [5.41, 5.74) is 0.734. The van der Waals surface area contributed by atoms with Crippen LogP contribution in [-0.2, 0) is 16.4 Å². The summed E-state index contributed by atoms with van der Waals surface area (Å²) < 4.78 is 26.5. The van der Waals surface area contributed by atoms with Gasteiger partial charge in [-0.25, -0.2) is 13.2 Å². The van der Waals surface area contributed by atoms with E-state index in [0.29, 0.717) is 12.2 Å². The molecule has 0 aliphatic rings. The SMILES string of the molecule is CCc1cn[nH]c1NS(=O)(=O)c1csc(C(=O)O)c1. The molecule has 0 amide bonds. The highest BCUT2D eigenvalue weighted by Crippen LogP contribution is 2.22. The van der Waals surface area contributed by atoms with Gasteiger partial charge in [0.2, 0.25) is 0 Å². The van der Waals surface area contributed by atoms with Crippen molar-refractivity contribution in [1.29, 1.82) is 0 Å². The first kappa shape index (κ1) is 13.6. The van der Waals surface area contributed by atoms with Gasteiger partial charge in [-0.1, -0.05) is 6.92 Å². The molecule has 0 radical (unpaired) electrons. The van der Waals surface area contributed by atoms with Gasteiger partial charge in [0.1, 0.15) is 10.7 Å². The van der Waals surface area contributed by atoms with Crippen molar-refractivity contribution in [3.8, 4) is 0 Å². The number of rotatable bonds is 5. The van der Waals surface area contributed by atoms with E-state index in [1.165, 1.54) is 11.6 Å². The fraction of sp³-hybridized carbons (Fsp3) is 0.200. The summed E-state index contributed by atoms with van der Waals surface area (Å²) in [6, 6.07) is 1.12. The van der Waals surface area contributed by atoms with E-state index in [0.717, 1.165) is 23.0 Å².